The van der Waals surface area contributed by atoms with E-state index in [0.29, 0.717) is 5.92 Å². The number of rotatable bonds is 1. The molecule has 0 saturated heterocycles. The van der Waals surface area contributed by atoms with Gasteiger partial charge in [-0.05, 0) is 25.2 Å². The molecule has 1 amide bonds. The van der Waals surface area contributed by atoms with Gasteiger partial charge >= 0.3 is 0 Å². The average Bonchev–Trinajstić information content (AvgIpc) is 2.34. The Labute approximate surface area is 62.0 Å². The van der Waals surface area contributed by atoms with Crippen LogP contribution in [0.1, 0.15) is 26.2 Å². The third kappa shape index (κ3) is 1.49. The molecule has 0 radical (unpaired) electrons. The second kappa shape index (κ2) is 3.04. The Bertz CT molecular complexity index is 133. The van der Waals surface area contributed by atoms with Crippen LogP contribution in [0.5, 0.6) is 0 Å². The van der Waals surface area contributed by atoms with Crippen molar-refractivity contribution >= 4 is 5.91 Å². The van der Waals surface area contributed by atoms with Crippen LogP contribution in [0, 0.1) is 11.8 Å². The summed E-state index contributed by atoms with van der Waals surface area (Å²) in [5.41, 5.74) is 0. The lowest BCUT2D eigenvalue weighted by Gasteiger charge is -2.05. The molecule has 1 rings (SSSR count). The molecule has 1 unspecified atom stereocenters. The SMILES string of the molecule is CNC(=O)C1CC[C@@H](C)C1. The van der Waals surface area contributed by atoms with E-state index in [1.165, 1.54) is 6.42 Å². The number of hydrogen-bond acceptors (Lipinski definition) is 1. The van der Waals surface area contributed by atoms with Crippen molar-refractivity contribution in [2.75, 3.05) is 7.05 Å². The van der Waals surface area contributed by atoms with E-state index < -0.39 is 0 Å². The number of carbonyl (C=O) groups excluding carboxylic acids is 1. The lowest BCUT2D eigenvalue weighted by molar-refractivity contribution is -0.124. The Morgan fingerprint density at radius 2 is 2.20 bits per heavy atom. The molecule has 1 saturated carbocycles. The van der Waals surface area contributed by atoms with Gasteiger partial charge in [0.1, 0.15) is 0 Å². The second-order valence-electron chi connectivity index (χ2n) is 3.23. The molecule has 2 atom stereocenters. The summed E-state index contributed by atoms with van der Waals surface area (Å²) in [6, 6.07) is 0. The first-order valence-electron chi connectivity index (χ1n) is 3.95. The highest BCUT2D eigenvalue weighted by Crippen LogP contribution is 2.29. The maximum Gasteiger partial charge on any atom is 0.222 e. The van der Waals surface area contributed by atoms with E-state index in [0.717, 1.165) is 18.8 Å². The van der Waals surface area contributed by atoms with E-state index in [1.54, 1.807) is 7.05 Å². The summed E-state index contributed by atoms with van der Waals surface area (Å²) in [4.78, 5) is 11.0. The molecule has 1 N–H and O–H groups in total. The molecule has 10 heavy (non-hydrogen) atoms. The van der Waals surface area contributed by atoms with Crippen LogP contribution in [-0.4, -0.2) is 13.0 Å². The van der Waals surface area contributed by atoms with Crippen LogP contribution in [-0.2, 0) is 4.79 Å². The van der Waals surface area contributed by atoms with Crippen molar-refractivity contribution in [3.05, 3.63) is 0 Å². The Hall–Kier alpha value is -0.530. The zero-order valence-electron chi connectivity index (χ0n) is 6.68. The summed E-state index contributed by atoms with van der Waals surface area (Å²) in [5, 5.41) is 2.69. The van der Waals surface area contributed by atoms with Gasteiger partial charge in [0.2, 0.25) is 5.91 Å². The Balaban J connectivity index is 2.37. The van der Waals surface area contributed by atoms with Gasteiger partial charge in [-0.15, -0.1) is 0 Å². The fourth-order valence-electron chi connectivity index (χ4n) is 1.65. The van der Waals surface area contributed by atoms with E-state index in [2.05, 4.69) is 12.2 Å². The minimum absolute atomic E-state index is 0.226. The molecule has 1 aliphatic carbocycles. The molecule has 0 aliphatic heterocycles. The minimum Gasteiger partial charge on any atom is -0.359 e. The number of nitrogens with one attached hydrogen (secondary N) is 1. The molecule has 1 aliphatic rings. The maximum atomic E-state index is 11.0. The molecule has 58 valence electrons. The lowest BCUT2D eigenvalue weighted by atomic mass is 10.1. The quantitative estimate of drug-likeness (QED) is 0.583. The van der Waals surface area contributed by atoms with E-state index in [4.69, 9.17) is 0 Å². The summed E-state index contributed by atoms with van der Waals surface area (Å²) in [6.45, 7) is 2.21. The molecule has 0 aromatic heterocycles. The number of amides is 1. The van der Waals surface area contributed by atoms with Crippen LogP contribution in [0.25, 0.3) is 0 Å². The van der Waals surface area contributed by atoms with Crippen molar-refractivity contribution in [2.24, 2.45) is 11.8 Å². The molecular weight excluding hydrogens is 126 g/mol. The molecule has 1 fully saturated rings. The van der Waals surface area contributed by atoms with Gasteiger partial charge in [0.15, 0.2) is 0 Å². The van der Waals surface area contributed by atoms with Gasteiger partial charge in [0.25, 0.3) is 0 Å². The van der Waals surface area contributed by atoms with Crippen molar-refractivity contribution in [1.82, 2.24) is 5.32 Å². The van der Waals surface area contributed by atoms with Gasteiger partial charge in [-0.25, -0.2) is 0 Å². The normalized spacial score (nSPS) is 32.2. The van der Waals surface area contributed by atoms with Crippen LogP contribution in [0.2, 0.25) is 0 Å². The van der Waals surface area contributed by atoms with Crippen molar-refractivity contribution in [3.8, 4) is 0 Å². The Kier molecular flexibility index (Phi) is 2.30. The van der Waals surface area contributed by atoms with Crippen LogP contribution in [0.15, 0.2) is 0 Å². The zero-order valence-corrected chi connectivity index (χ0v) is 6.68. The van der Waals surface area contributed by atoms with E-state index in [9.17, 15) is 4.79 Å². The fourth-order valence-corrected chi connectivity index (χ4v) is 1.65. The monoisotopic (exact) mass is 141 g/mol. The predicted octanol–water partition coefficient (Wildman–Crippen LogP) is 1.17. The van der Waals surface area contributed by atoms with Gasteiger partial charge in [0.05, 0.1) is 0 Å². The summed E-state index contributed by atoms with van der Waals surface area (Å²) < 4.78 is 0. The third-order valence-electron chi connectivity index (χ3n) is 2.31. The molecule has 0 spiro atoms. The maximum absolute atomic E-state index is 11.0. The largest absolute Gasteiger partial charge is 0.359 e. The van der Waals surface area contributed by atoms with E-state index in [1.807, 2.05) is 0 Å². The number of hydrogen-bond donors (Lipinski definition) is 1. The summed E-state index contributed by atoms with van der Waals surface area (Å²) in [5.74, 6) is 1.28. The highest BCUT2D eigenvalue weighted by atomic mass is 16.1. The van der Waals surface area contributed by atoms with Crippen LogP contribution >= 0.6 is 0 Å². The topological polar surface area (TPSA) is 29.1 Å². The average molecular weight is 141 g/mol. The van der Waals surface area contributed by atoms with Crippen molar-refractivity contribution in [3.63, 3.8) is 0 Å². The van der Waals surface area contributed by atoms with E-state index in [-0.39, 0.29) is 5.91 Å². The molecule has 0 heterocycles. The Morgan fingerprint density at radius 1 is 1.50 bits per heavy atom. The molecule has 2 nitrogen and oxygen atoms in total. The summed E-state index contributed by atoms with van der Waals surface area (Å²) >= 11 is 0. The van der Waals surface area contributed by atoms with Crippen LogP contribution < -0.4 is 5.32 Å². The predicted molar refractivity (Wildman–Crippen MR) is 40.6 cm³/mol. The first-order valence-corrected chi connectivity index (χ1v) is 3.95. The van der Waals surface area contributed by atoms with E-state index >= 15 is 0 Å². The lowest BCUT2D eigenvalue weighted by Crippen LogP contribution is -2.25. The third-order valence-corrected chi connectivity index (χ3v) is 2.31. The second-order valence-corrected chi connectivity index (χ2v) is 3.23. The van der Waals surface area contributed by atoms with Crippen molar-refractivity contribution in [1.29, 1.82) is 0 Å². The van der Waals surface area contributed by atoms with Gasteiger partial charge in [-0.1, -0.05) is 6.92 Å². The molecule has 0 aromatic rings. The zero-order chi connectivity index (χ0) is 7.56. The molecular formula is C8H15NO. The Morgan fingerprint density at radius 3 is 2.60 bits per heavy atom. The van der Waals surface area contributed by atoms with Gasteiger partial charge in [0, 0.05) is 13.0 Å². The summed E-state index contributed by atoms with van der Waals surface area (Å²) in [6.07, 6.45) is 3.39. The van der Waals surface area contributed by atoms with Gasteiger partial charge in [-0.3, -0.25) is 4.79 Å². The molecule has 2 heteroatoms. The van der Waals surface area contributed by atoms with Crippen molar-refractivity contribution < 1.29 is 4.79 Å². The highest BCUT2D eigenvalue weighted by Gasteiger charge is 2.26. The minimum atomic E-state index is 0.226. The fraction of sp³-hybridized carbons (Fsp3) is 0.875. The first kappa shape index (κ1) is 7.58. The van der Waals surface area contributed by atoms with Crippen molar-refractivity contribution in [2.45, 2.75) is 26.2 Å². The molecule has 0 aromatic carbocycles. The number of carbonyl (C=O) groups is 1. The summed E-state index contributed by atoms with van der Waals surface area (Å²) in [7, 11) is 1.71. The molecule has 0 bridgehead atoms. The van der Waals surface area contributed by atoms with Crippen LogP contribution in [0.3, 0.4) is 0 Å². The first-order chi connectivity index (χ1) is 4.74. The van der Waals surface area contributed by atoms with Gasteiger partial charge < -0.3 is 5.32 Å². The smallest absolute Gasteiger partial charge is 0.222 e. The highest BCUT2D eigenvalue weighted by molar-refractivity contribution is 5.78. The van der Waals surface area contributed by atoms with Crippen LogP contribution in [0.4, 0.5) is 0 Å². The van der Waals surface area contributed by atoms with Gasteiger partial charge in [-0.2, -0.15) is 0 Å². The standard InChI is InChI=1S/C8H15NO/c1-6-3-4-7(5-6)8(10)9-2/h6-7H,3-5H2,1-2H3,(H,9,10)/t6-,7?/m1/s1.